The van der Waals surface area contributed by atoms with Crippen LogP contribution >= 0.6 is 11.8 Å². The Morgan fingerprint density at radius 3 is 2.37 bits per heavy atom. The predicted octanol–water partition coefficient (Wildman–Crippen LogP) is 3.14. The topological polar surface area (TPSA) is 75.7 Å². The van der Waals surface area contributed by atoms with Gasteiger partial charge in [-0.05, 0) is 56.5 Å². The van der Waals surface area contributed by atoms with Crippen LogP contribution in [0.15, 0.2) is 58.3 Å². The molecule has 146 valence electrons. The van der Waals surface area contributed by atoms with Crippen LogP contribution in [0.5, 0.6) is 5.75 Å². The van der Waals surface area contributed by atoms with Crippen molar-refractivity contribution in [1.82, 2.24) is 5.32 Å². The first-order valence-corrected chi connectivity index (χ1v) is 11.3. The van der Waals surface area contributed by atoms with E-state index >= 15 is 0 Å². The summed E-state index contributed by atoms with van der Waals surface area (Å²) < 4.78 is 33.3. The molecule has 0 aliphatic heterocycles. The van der Waals surface area contributed by atoms with Gasteiger partial charge in [0.2, 0.25) is 5.91 Å². The monoisotopic (exact) mass is 408 g/mol. The molecular formula is C19H24N2O4S2. The van der Waals surface area contributed by atoms with Crippen molar-refractivity contribution in [2.75, 3.05) is 30.3 Å². The maximum atomic E-state index is 13.3. The number of hydrogen-bond acceptors (Lipinski definition) is 5. The second-order valence-electron chi connectivity index (χ2n) is 5.54. The molecule has 0 bridgehead atoms. The standard InChI is InChI=1S/C19H24N2O4S2/c1-4-20-19(22)14-21(17-8-6-7-9-18(17)25-5-2)27(23,24)16-12-10-15(26-3)11-13-16/h6-13H,4-5,14H2,1-3H3,(H,20,22). The van der Waals surface area contributed by atoms with E-state index in [4.69, 9.17) is 4.74 Å². The first kappa shape index (κ1) is 21.1. The fourth-order valence-corrected chi connectivity index (χ4v) is 4.34. The maximum absolute atomic E-state index is 13.3. The Bertz CT molecular complexity index is 868. The molecule has 0 aliphatic rings. The Kier molecular flexibility index (Phi) is 7.55. The number of amides is 1. The zero-order valence-corrected chi connectivity index (χ0v) is 17.3. The minimum absolute atomic E-state index is 0.121. The molecule has 27 heavy (non-hydrogen) atoms. The highest BCUT2D eigenvalue weighted by Crippen LogP contribution is 2.32. The number of thioether (sulfide) groups is 1. The van der Waals surface area contributed by atoms with Crippen LogP contribution in [0.1, 0.15) is 13.8 Å². The van der Waals surface area contributed by atoms with Gasteiger partial charge in [-0.3, -0.25) is 9.10 Å². The molecule has 0 unspecified atom stereocenters. The second-order valence-corrected chi connectivity index (χ2v) is 8.28. The number of carbonyl (C=O) groups is 1. The summed E-state index contributed by atoms with van der Waals surface area (Å²) in [5.74, 6) is 0.0294. The van der Waals surface area contributed by atoms with Crippen molar-refractivity contribution >= 4 is 33.4 Å². The average molecular weight is 409 g/mol. The first-order valence-electron chi connectivity index (χ1n) is 8.59. The van der Waals surface area contributed by atoms with Crippen molar-refractivity contribution in [3.05, 3.63) is 48.5 Å². The van der Waals surface area contributed by atoms with Crippen LogP contribution in [0, 0.1) is 0 Å². The van der Waals surface area contributed by atoms with Crippen molar-refractivity contribution in [3.63, 3.8) is 0 Å². The quantitative estimate of drug-likeness (QED) is 0.645. The van der Waals surface area contributed by atoms with E-state index in [-0.39, 0.29) is 17.3 Å². The number of anilines is 1. The molecule has 0 saturated carbocycles. The van der Waals surface area contributed by atoms with Gasteiger partial charge in [0.15, 0.2) is 0 Å². The van der Waals surface area contributed by atoms with Crippen LogP contribution in [0.2, 0.25) is 0 Å². The van der Waals surface area contributed by atoms with Gasteiger partial charge in [-0.2, -0.15) is 0 Å². The van der Waals surface area contributed by atoms with Gasteiger partial charge in [-0.25, -0.2) is 8.42 Å². The van der Waals surface area contributed by atoms with E-state index in [0.29, 0.717) is 24.6 Å². The van der Waals surface area contributed by atoms with Crippen LogP contribution in [0.25, 0.3) is 0 Å². The Balaban J connectivity index is 2.52. The summed E-state index contributed by atoms with van der Waals surface area (Å²) in [5.41, 5.74) is 0.333. The van der Waals surface area contributed by atoms with Gasteiger partial charge in [0.1, 0.15) is 12.3 Å². The molecule has 0 heterocycles. The van der Waals surface area contributed by atoms with Gasteiger partial charge in [0, 0.05) is 11.4 Å². The van der Waals surface area contributed by atoms with E-state index in [1.54, 1.807) is 55.5 Å². The van der Waals surface area contributed by atoms with Gasteiger partial charge in [0.05, 0.1) is 17.2 Å². The summed E-state index contributed by atoms with van der Waals surface area (Å²) in [6.07, 6.45) is 1.92. The van der Waals surface area contributed by atoms with Crippen LogP contribution in [-0.2, 0) is 14.8 Å². The summed E-state index contributed by atoms with van der Waals surface area (Å²) in [5, 5.41) is 2.65. The molecule has 0 aromatic heterocycles. The zero-order valence-electron chi connectivity index (χ0n) is 15.6. The summed E-state index contributed by atoms with van der Waals surface area (Å²) in [7, 11) is -3.95. The van der Waals surface area contributed by atoms with Gasteiger partial charge in [0.25, 0.3) is 10.0 Å². The fourth-order valence-electron chi connectivity index (χ4n) is 2.50. The molecule has 2 rings (SSSR count). The molecule has 0 spiro atoms. The van der Waals surface area contributed by atoms with Crippen molar-refractivity contribution in [3.8, 4) is 5.75 Å². The number of rotatable bonds is 9. The van der Waals surface area contributed by atoms with Gasteiger partial charge >= 0.3 is 0 Å². The Labute approximate surface area is 165 Å². The minimum atomic E-state index is -3.95. The number of para-hydroxylation sites is 2. The number of nitrogens with zero attached hydrogens (tertiary/aromatic N) is 1. The van der Waals surface area contributed by atoms with Gasteiger partial charge in [-0.1, -0.05) is 12.1 Å². The van der Waals surface area contributed by atoms with E-state index in [9.17, 15) is 13.2 Å². The second kappa shape index (κ2) is 9.66. The van der Waals surface area contributed by atoms with E-state index < -0.39 is 10.0 Å². The van der Waals surface area contributed by atoms with Crippen molar-refractivity contribution in [2.45, 2.75) is 23.6 Å². The molecule has 8 heteroatoms. The molecule has 2 aromatic carbocycles. The number of benzene rings is 2. The zero-order chi connectivity index (χ0) is 19.9. The molecule has 1 amide bonds. The summed E-state index contributed by atoms with van der Waals surface area (Å²) in [6, 6.07) is 13.4. The third-order valence-corrected chi connectivity index (χ3v) is 6.26. The molecule has 0 fully saturated rings. The Morgan fingerprint density at radius 2 is 1.78 bits per heavy atom. The normalized spacial score (nSPS) is 11.1. The molecule has 0 aliphatic carbocycles. The highest BCUT2D eigenvalue weighted by molar-refractivity contribution is 7.98. The third-order valence-electron chi connectivity index (χ3n) is 3.74. The molecule has 6 nitrogen and oxygen atoms in total. The van der Waals surface area contributed by atoms with Crippen molar-refractivity contribution in [2.24, 2.45) is 0 Å². The number of ether oxygens (including phenoxy) is 1. The summed E-state index contributed by atoms with van der Waals surface area (Å²) >= 11 is 1.53. The summed E-state index contributed by atoms with van der Waals surface area (Å²) in [4.78, 5) is 13.3. The van der Waals surface area contributed by atoms with Crippen LogP contribution < -0.4 is 14.4 Å². The van der Waals surface area contributed by atoms with Gasteiger partial charge in [-0.15, -0.1) is 11.8 Å². The fraction of sp³-hybridized carbons (Fsp3) is 0.316. The predicted molar refractivity (Wildman–Crippen MR) is 109 cm³/mol. The molecular weight excluding hydrogens is 384 g/mol. The smallest absolute Gasteiger partial charge is 0.264 e. The number of nitrogens with one attached hydrogen (secondary N) is 1. The molecule has 2 aromatic rings. The van der Waals surface area contributed by atoms with E-state index in [0.717, 1.165) is 9.20 Å². The van der Waals surface area contributed by atoms with Crippen molar-refractivity contribution < 1.29 is 17.9 Å². The lowest BCUT2D eigenvalue weighted by molar-refractivity contribution is -0.119. The lowest BCUT2D eigenvalue weighted by Gasteiger charge is -2.26. The number of carbonyl (C=O) groups excluding carboxylic acids is 1. The van der Waals surface area contributed by atoms with E-state index in [2.05, 4.69) is 5.32 Å². The van der Waals surface area contributed by atoms with Crippen LogP contribution in [0.3, 0.4) is 0 Å². The molecule has 0 atom stereocenters. The molecule has 0 saturated heterocycles. The third kappa shape index (κ3) is 5.17. The van der Waals surface area contributed by atoms with Crippen LogP contribution in [0.4, 0.5) is 5.69 Å². The number of hydrogen-bond donors (Lipinski definition) is 1. The molecule has 1 N–H and O–H groups in total. The van der Waals surface area contributed by atoms with E-state index in [1.165, 1.54) is 11.8 Å². The SMILES string of the molecule is CCNC(=O)CN(c1ccccc1OCC)S(=O)(=O)c1ccc(SC)cc1. The van der Waals surface area contributed by atoms with E-state index in [1.807, 2.05) is 13.2 Å². The molecule has 0 radical (unpaired) electrons. The highest BCUT2D eigenvalue weighted by atomic mass is 32.2. The largest absolute Gasteiger partial charge is 0.492 e. The lowest BCUT2D eigenvalue weighted by Crippen LogP contribution is -2.41. The lowest BCUT2D eigenvalue weighted by atomic mass is 10.3. The Hall–Kier alpha value is -2.19. The summed E-state index contributed by atoms with van der Waals surface area (Å²) in [6.45, 7) is 4.08. The Morgan fingerprint density at radius 1 is 1.11 bits per heavy atom. The average Bonchev–Trinajstić information content (AvgIpc) is 2.67. The minimum Gasteiger partial charge on any atom is -0.492 e. The van der Waals surface area contributed by atoms with Crippen molar-refractivity contribution in [1.29, 1.82) is 0 Å². The maximum Gasteiger partial charge on any atom is 0.264 e. The number of likely N-dealkylation sites (N-methyl/N-ethyl adjacent to an activating group) is 1. The highest BCUT2D eigenvalue weighted by Gasteiger charge is 2.29. The first-order chi connectivity index (χ1) is 12.9. The van der Waals surface area contributed by atoms with Gasteiger partial charge < -0.3 is 10.1 Å². The number of sulfonamides is 1. The van der Waals surface area contributed by atoms with Crippen LogP contribution in [-0.4, -0.2) is 40.3 Å².